The van der Waals surface area contributed by atoms with Crippen LogP contribution in [0.1, 0.15) is 37.7 Å². The Balaban J connectivity index is 1.86. The molecule has 1 aromatic carbocycles. The number of nitrogens with two attached hydrogens (primary N) is 1. The molecule has 4 nitrogen and oxygen atoms in total. The minimum absolute atomic E-state index is 0.109. The van der Waals surface area contributed by atoms with E-state index in [0.29, 0.717) is 19.1 Å². The van der Waals surface area contributed by atoms with E-state index in [1.165, 1.54) is 19.3 Å². The van der Waals surface area contributed by atoms with Crippen molar-refractivity contribution in [2.75, 3.05) is 18.5 Å². The molecule has 1 saturated carbocycles. The summed E-state index contributed by atoms with van der Waals surface area (Å²) in [6.45, 7) is 0.917. The highest BCUT2D eigenvalue weighted by Crippen LogP contribution is 2.18. The van der Waals surface area contributed by atoms with Crippen LogP contribution in [0.4, 0.5) is 5.69 Å². The molecule has 1 aliphatic rings. The van der Waals surface area contributed by atoms with Crippen LogP contribution in [0.15, 0.2) is 24.3 Å². The quantitative estimate of drug-likeness (QED) is 0.864. The Morgan fingerprint density at radius 1 is 1.35 bits per heavy atom. The van der Waals surface area contributed by atoms with Crippen LogP contribution in [-0.4, -0.2) is 25.5 Å². The van der Waals surface area contributed by atoms with Crippen LogP contribution in [-0.2, 0) is 11.3 Å². The van der Waals surface area contributed by atoms with Gasteiger partial charge in [-0.1, -0.05) is 31.4 Å². The summed E-state index contributed by atoms with van der Waals surface area (Å²) < 4.78 is 0. The summed E-state index contributed by atoms with van der Waals surface area (Å²) in [6, 6.07) is 8.40. The van der Waals surface area contributed by atoms with Gasteiger partial charge in [0.05, 0.1) is 6.54 Å². The second-order valence-corrected chi connectivity index (χ2v) is 5.63. The first kappa shape index (κ1) is 14.9. The first-order valence-corrected chi connectivity index (χ1v) is 7.48. The highest BCUT2D eigenvalue weighted by molar-refractivity contribution is 5.81. The van der Waals surface area contributed by atoms with Crippen molar-refractivity contribution in [3.05, 3.63) is 29.8 Å². The van der Waals surface area contributed by atoms with Crippen molar-refractivity contribution >= 4 is 11.6 Å². The van der Waals surface area contributed by atoms with E-state index in [1.807, 2.05) is 36.2 Å². The zero-order valence-corrected chi connectivity index (χ0v) is 12.3. The number of nitrogens with one attached hydrogen (secondary N) is 1. The van der Waals surface area contributed by atoms with Crippen LogP contribution >= 0.6 is 0 Å². The lowest BCUT2D eigenvalue weighted by atomic mass is 9.95. The lowest BCUT2D eigenvalue weighted by molar-refractivity contribution is -0.120. The monoisotopic (exact) mass is 275 g/mol. The van der Waals surface area contributed by atoms with Crippen LogP contribution in [0.3, 0.4) is 0 Å². The van der Waals surface area contributed by atoms with E-state index in [1.54, 1.807) is 0 Å². The van der Waals surface area contributed by atoms with Crippen molar-refractivity contribution in [3.63, 3.8) is 0 Å². The normalized spacial score (nSPS) is 15.9. The molecule has 2 rings (SSSR count). The molecule has 0 radical (unpaired) electrons. The molecule has 0 saturated heterocycles. The van der Waals surface area contributed by atoms with Gasteiger partial charge >= 0.3 is 0 Å². The maximum atomic E-state index is 12.1. The Hall–Kier alpha value is -1.55. The van der Waals surface area contributed by atoms with Gasteiger partial charge in [0.2, 0.25) is 5.91 Å². The largest absolute Gasteiger partial charge is 0.365 e. The molecule has 1 fully saturated rings. The average Bonchev–Trinajstić information content (AvgIpc) is 2.48. The molecule has 1 aliphatic carbocycles. The summed E-state index contributed by atoms with van der Waals surface area (Å²) in [5.41, 5.74) is 7.77. The third-order valence-electron chi connectivity index (χ3n) is 3.94. The van der Waals surface area contributed by atoms with E-state index < -0.39 is 0 Å². The molecule has 1 amide bonds. The molecule has 1 aromatic rings. The number of rotatable bonds is 5. The van der Waals surface area contributed by atoms with E-state index in [4.69, 9.17) is 5.73 Å². The molecule has 0 aromatic heterocycles. The maximum absolute atomic E-state index is 12.1. The topological polar surface area (TPSA) is 58.4 Å². The van der Waals surface area contributed by atoms with E-state index in [0.717, 1.165) is 24.1 Å². The van der Waals surface area contributed by atoms with Gasteiger partial charge in [0.1, 0.15) is 0 Å². The smallest absolute Gasteiger partial charge is 0.239 e. The van der Waals surface area contributed by atoms with Gasteiger partial charge in [0, 0.05) is 25.3 Å². The minimum Gasteiger partial charge on any atom is -0.365 e. The predicted molar refractivity (Wildman–Crippen MR) is 82.6 cm³/mol. The second-order valence-electron chi connectivity index (χ2n) is 5.63. The highest BCUT2D eigenvalue weighted by atomic mass is 16.2. The van der Waals surface area contributed by atoms with Gasteiger partial charge in [-0.15, -0.1) is 0 Å². The molecule has 0 aliphatic heterocycles. The van der Waals surface area contributed by atoms with Gasteiger partial charge in [-0.2, -0.15) is 0 Å². The molecular formula is C16H25N3O. The van der Waals surface area contributed by atoms with Crippen LogP contribution in [0.2, 0.25) is 0 Å². The van der Waals surface area contributed by atoms with Crippen molar-refractivity contribution in [1.82, 2.24) is 5.32 Å². The molecular weight excluding hydrogens is 250 g/mol. The van der Waals surface area contributed by atoms with Crippen LogP contribution in [0.5, 0.6) is 0 Å². The Labute approximate surface area is 121 Å². The first-order chi connectivity index (χ1) is 9.69. The lowest BCUT2D eigenvalue weighted by Crippen LogP contribution is -2.41. The number of anilines is 1. The Morgan fingerprint density at radius 2 is 2.10 bits per heavy atom. The summed E-state index contributed by atoms with van der Waals surface area (Å²) >= 11 is 0. The highest BCUT2D eigenvalue weighted by Gasteiger charge is 2.16. The zero-order valence-electron chi connectivity index (χ0n) is 12.3. The standard InChI is InChI=1S/C16H25N3O/c1-19(15-9-5-6-13(10-15)11-17)12-16(20)18-14-7-3-2-4-8-14/h5-6,9-10,14H,2-4,7-8,11-12,17H2,1H3,(H,18,20). The van der Waals surface area contributed by atoms with Gasteiger partial charge in [-0.3, -0.25) is 4.79 Å². The van der Waals surface area contributed by atoms with Crippen LogP contribution in [0, 0.1) is 0 Å². The molecule has 0 unspecified atom stereocenters. The molecule has 20 heavy (non-hydrogen) atoms. The fourth-order valence-electron chi connectivity index (χ4n) is 2.75. The molecule has 0 heterocycles. The van der Waals surface area contributed by atoms with Crippen LogP contribution < -0.4 is 16.0 Å². The molecule has 4 heteroatoms. The number of nitrogens with zero attached hydrogens (tertiary/aromatic N) is 1. The lowest BCUT2D eigenvalue weighted by Gasteiger charge is -2.25. The van der Waals surface area contributed by atoms with Crippen molar-refractivity contribution < 1.29 is 4.79 Å². The number of hydrogen-bond acceptors (Lipinski definition) is 3. The SMILES string of the molecule is CN(CC(=O)NC1CCCCC1)c1cccc(CN)c1. The van der Waals surface area contributed by atoms with Crippen molar-refractivity contribution in [1.29, 1.82) is 0 Å². The second kappa shape index (κ2) is 7.29. The number of benzene rings is 1. The van der Waals surface area contributed by atoms with E-state index in [-0.39, 0.29) is 5.91 Å². The van der Waals surface area contributed by atoms with Gasteiger partial charge in [0.15, 0.2) is 0 Å². The third kappa shape index (κ3) is 4.23. The molecule has 110 valence electrons. The van der Waals surface area contributed by atoms with Crippen molar-refractivity contribution in [3.8, 4) is 0 Å². The first-order valence-electron chi connectivity index (χ1n) is 7.48. The summed E-state index contributed by atoms with van der Waals surface area (Å²) in [4.78, 5) is 14.0. The van der Waals surface area contributed by atoms with Gasteiger partial charge < -0.3 is 16.0 Å². The summed E-state index contributed by atoms with van der Waals surface area (Å²) in [6.07, 6.45) is 6.02. The summed E-state index contributed by atoms with van der Waals surface area (Å²) in [7, 11) is 1.94. The summed E-state index contributed by atoms with van der Waals surface area (Å²) in [5, 5.41) is 3.14. The number of likely N-dealkylation sites (N-methyl/N-ethyl adjacent to an activating group) is 1. The molecule has 0 atom stereocenters. The minimum atomic E-state index is 0.109. The maximum Gasteiger partial charge on any atom is 0.239 e. The van der Waals surface area contributed by atoms with Crippen LogP contribution in [0.25, 0.3) is 0 Å². The number of hydrogen-bond donors (Lipinski definition) is 2. The number of carbonyl (C=O) groups excluding carboxylic acids is 1. The molecule has 0 bridgehead atoms. The van der Waals surface area contributed by atoms with Gasteiger partial charge in [0.25, 0.3) is 0 Å². The fraction of sp³-hybridized carbons (Fsp3) is 0.562. The molecule has 0 spiro atoms. The van der Waals surface area contributed by atoms with Gasteiger partial charge in [-0.25, -0.2) is 0 Å². The number of carbonyl (C=O) groups is 1. The van der Waals surface area contributed by atoms with E-state index in [9.17, 15) is 4.79 Å². The summed E-state index contributed by atoms with van der Waals surface area (Å²) in [5.74, 6) is 0.109. The third-order valence-corrected chi connectivity index (χ3v) is 3.94. The predicted octanol–water partition coefficient (Wildman–Crippen LogP) is 2.03. The van der Waals surface area contributed by atoms with Crippen molar-refractivity contribution in [2.45, 2.75) is 44.7 Å². The van der Waals surface area contributed by atoms with E-state index in [2.05, 4.69) is 5.32 Å². The number of amides is 1. The fourth-order valence-corrected chi connectivity index (χ4v) is 2.75. The molecule has 3 N–H and O–H groups in total. The van der Waals surface area contributed by atoms with Crippen molar-refractivity contribution in [2.24, 2.45) is 5.73 Å². The zero-order chi connectivity index (χ0) is 14.4. The van der Waals surface area contributed by atoms with E-state index >= 15 is 0 Å². The van der Waals surface area contributed by atoms with Gasteiger partial charge in [-0.05, 0) is 30.5 Å². The Kier molecular flexibility index (Phi) is 5.41. The Bertz CT molecular complexity index is 441. The average molecular weight is 275 g/mol. The Morgan fingerprint density at radius 3 is 2.80 bits per heavy atom.